The molecule has 0 atom stereocenters. The van der Waals surface area contributed by atoms with Crippen LogP contribution in [-0.4, -0.2) is 19.5 Å². The highest BCUT2D eigenvalue weighted by atomic mass is 32.2. The first kappa shape index (κ1) is 19.1. The highest BCUT2D eigenvalue weighted by Gasteiger charge is 2.23. The molecule has 2 N–H and O–H groups in total. The number of aromatic nitrogens is 1. The molecule has 0 aliphatic rings. The Hall–Kier alpha value is -2.65. The Kier molecular flexibility index (Phi) is 5.07. The summed E-state index contributed by atoms with van der Waals surface area (Å²) < 4.78 is 33.1. The molecule has 9 heteroatoms. The molecule has 1 amide bonds. The Bertz CT molecular complexity index is 1110. The largest absolute Gasteiger partial charge is 0.360 e. The standard InChI is InChI=1S/C18H19N3O4S2/c1-10-5-6-14(11(2)7-10)21-27(23,24)16-9-15(26-13(16)4)18(22)19-17-8-12(3)25-20-17/h5-9,21H,1-4H3,(H,19,20,22). The molecule has 142 valence electrons. The molecule has 0 saturated carbocycles. The molecule has 7 nitrogen and oxygen atoms in total. The van der Waals surface area contributed by atoms with Crippen LogP contribution in [0.5, 0.6) is 0 Å². The van der Waals surface area contributed by atoms with E-state index >= 15 is 0 Å². The first-order valence-corrected chi connectivity index (χ1v) is 10.4. The zero-order valence-corrected chi connectivity index (χ0v) is 16.9. The van der Waals surface area contributed by atoms with Crippen LogP contribution in [0.15, 0.2) is 39.8 Å². The summed E-state index contributed by atoms with van der Waals surface area (Å²) in [5, 5.41) is 6.29. The van der Waals surface area contributed by atoms with Gasteiger partial charge in [-0.05, 0) is 45.4 Å². The molecule has 0 unspecified atom stereocenters. The van der Waals surface area contributed by atoms with Crippen LogP contribution in [0.3, 0.4) is 0 Å². The normalized spacial score (nSPS) is 11.4. The molecule has 0 aliphatic heterocycles. The lowest BCUT2D eigenvalue weighted by molar-refractivity contribution is 0.102. The van der Waals surface area contributed by atoms with E-state index in [0.717, 1.165) is 22.5 Å². The fraction of sp³-hybridized carbons (Fsp3) is 0.222. The van der Waals surface area contributed by atoms with Gasteiger partial charge in [-0.3, -0.25) is 9.52 Å². The third kappa shape index (κ3) is 4.20. The first-order valence-electron chi connectivity index (χ1n) is 8.11. The van der Waals surface area contributed by atoms with Gasteiger partial charge in [-0.1, -0.05) is 22.9 Å². The number of hydrogen-bond acceptors (Lipinski definition) is 6. The van der Waals surface area contributed by atoms with E-state index in [0.29, 0.717) is 16.3 Å². The van der Waals surface area contributed by atoms with Crippen LogP contribution < -0.4 is 10.0 Å². The maximum atomic E-state index is 12.8. The number of carbonyl (C=O) groups is 1. The Balaban J connectivity index is 1.85. The lowest BCUT2D eigenvalue weighted by atomic mass is 10.1. The summed E-state index contributed by atoms with van der Waals surface area (Å²) in [7, 11) is -3.81. The van der Waals surface area contributed by atoms with E-state index in [4.69, 9.17) is 4.52 Å². The minimum atomic E-state index is -3.81. The number of aryl methyl sites for hydroxylation is 4. The van der Waals surface area contributed by atoms with Gasteiger partial charge in [0.05, 0.1) is 10.6 Å². The molecule has 0 saturated heterocycles. The van der Waals surface area contributed by atoms with Gasteiger partial charge in [0.1, 0.15) is 10.7 Å². The summed E-state index contributed by atoms with van der Waals surface area (Å²) >= 11 is 1.10. The molecule has 0 fully saturated rings. The summed E-state index contributed by atoms with van der Waals surface area (Å²) in [5.74, 6) is 0.402. The molecule has 2 heterocycles. The number of anilines is 2. The minimum absolute atomic E-state index is 0.0777. The number of nitrogens with zero attached hydrogens (tertiary/aromatic N) is 1. The van der Waals surface area contributed by atoms with Crippen molar-refractivity contribution in [2.24, 2.45) is 0 Å². The van der Waals surface area contributed by atoms with Crippen LogP contribution in [-0.2, 0) is 10.0 Å². The van der Waals surface area contributed by atoms with Gasteiger partial charge in [0.15, 0.2) is 5.82 Å². The van der Waals surface area contributed by atoms with Crippen LogP contribution >= 0.6 is 11.3 Å². The average Bonchev–Trinajstić information content (AvgIpc) is 3.16. The van der Waals surface area contributed by atoms with Crippen LogP contribution in [0, 0.1) is 27.7 Å². The monoisotopic (exact) mass is 405 g/mol. The van der Waals surface area contributed by atoms with Gasteiger partial charge in [-0.15, -0.1) is 11.3 Å². The number of rotatable bonds is 5. The van der Waals surface area contributed by atoms with Gasteiger partial charge in [0.25, 0.3) is 15.9 Å². The summed E-state index contributed by atoms with van der Waals surface area (Å²) in [6.07, 6.45) is 0. The molecule has 3 rings (SSSR count). The zero-order chi connectivity index (χ0) is 19.8. The fourth-order valence-electron chi connectivity index (χ4n) is 2.58. The minimum Gasteiger partial charge on any atom is -0.360 e. The third-order valence-electron chi connectivity index (χ3n) is 3.88. The van der Waals surface area contributed by atoms with Crippen molar-refractivity contribution in [2.45, 2.75) is 32.6 Å². The van der Waals surface area contributed by atoms with E-state index in [9.17, 15) is 13.2 Å². The number of nitrogens with one attached hydrogen (secondary N) is 2. The third-order valence-corrected chi connectivity index (χ3v) is 6.55. The van der Waals surface area contributed by atoms with Crippen LogP contribution in [0.25, 0.3) is 0 Å². The van der Waals surface area contributed by atoms with Gasteiger partial charge in [0.2, 0.25) is 0 Å². The van der Waals surface area contributed by atoms with Crippen molar-refractivity contribution < 1.29 is 17.7 Å². The van der Waals surface area contributed by atoms with Crippen LogP contribution in [0.1, 0.15) is 31.4 Å². The molecule has 2 aromatic heterocycles. The van der Waals surface area contributed by atoms with Crippen molar-refractivity contribution in [2.75, 3.05) is 10.0 Å². The van der Waals surface area contributed by atoms with E-state index in [-0.39, 0.29) is 15.6 Å². The molecule has 0 spiro atoms. The maximum Gasteiger partial charge on any atom is 0.267 e. The zero-order valence-electron chi connectivity index (χ0n) is 15.3. The quantitative estimate of drug-likeness (QED) is 0.667. The Morgan fingerprint density at radius 2 is 1.85 bits per heavy atom. The lowest BCUT2D eigenvalue weighted by Gasteiger charge is -2.10. The molecular formula is C18H19N3O4S2. The second kappa shape index (κ2) is 7.16. The molecule has 1 aromatic carbocycles. The second-order valence-electron chi connectivity index (χ2n) is 6.23. The van der Waals surface area contributed by atoms with E-state index in [1.54, 1.807) is 26.0 Å². The predicted molar refractivity (Wildman–Crippen MR) is 105 cm³/mol. The first-order chi connectivity index (χ1) is 12.7. The summed E-state index contributed by atoms with van der Waals surface area (Å²) in [4.78, 5) is 13.2. The Morgan fingerprint density at radius 3 is 2.48 bits per heavy atom. The van der Waals surface area contributed by atoms with Gasteiger partial charge < -0.3 is 9.84 Å². The smallest absolute Gasteiger partial charge is 0.267 e. The van der Waals surface area contributed by atoms with E-state index in [1.807, 2.05) is 26.0 Å². The second-order valence-corrected chi connectivity index (χ2v) is 9.14. The molecule has 3 aromatic rings. The fourth-order valence-corrected chi connectivity index (χ4v) is 5.19. The van der Waals surface area contributed by atoms with Gasteiger partial charge in [0, 0.05) is 10.9 Å². The topological polar surface area (TPSA) is 101 Å². The highest BCUT2D eigenvalue weighted by molar-refractivity contribution is 7.93. The summed E-state index contributed by atoms with van der Waals surface area (Å²) in [6.45, 7) is 7.15. The van der Waals surface area contributed by atoms with Gasteiger partial charge in [-0.2, -0.15) is 0 Å². The van der Waals surface area contributed by atoms with Crippen molar-refractivity contribution in [3.05, 3.63) is 57.0 Å². The van der Waals surface area contributed by atoms with Gasteiger partial charge in [-0.25, -0.2) is 8.42 Å². The number of amides is 1. The Morgan fingerprint density at radius 1 is 1.11 bits per heavy atom. The average molecular weight is 406 g/mol. The maximum absolute atomic E-state index is 12.8. The lowest BCUT2D eigenvalue weighted by Crippen LogP contribution is -2.14. The number of sulfonamides is 1. The van der Waals surface area contributed by atoms with Crippen LogP contribution in [0.4, 0.5) is 11.5 Å². The molecule has 27 heavy (non-hydrogen) atoms. The highest BCUT2D eigenvalue weighted by Crippen LogP contribution is 2.29. The van der Waals surface area contributed by atoms with Crippen molar-refractivity contribution in [3.8, 4) is 0 Å². The van der Waals surface area contributed by atoms with Crippen molar-refractivity contribution in [1.82, 2.24) is 5.16 Å². The SMILES string of the molecule is Cc1ccc(NS(=O)(=O)c2cc(C(=O)Nc3cc(C)on3)sc2C)c(C)c1. The van der Waals surface area contributed by atoms with E-state index in [1.165, 1.54) is 6.07 Å². The van der Waals surface area contributed by atoms with E-state index in [2.05, 4.69) is 15.2 Å². The number of benzene rings is 1. The number of carbonyl (C=O) groups excluding carboxylic acids is 1. The molecular weight excluding hydrogens is 386 g/mol. The summed E-state index contributed by atoms with van der Waals surface area (Å²) in [6, 6.07) is 8.41. The molecule has 0 bridgehead atoms. The van der Waals surface area contributed by atoms with Crippen molar-refractivity contribution in [1.29, 1.82) is 0 Å². The van der Waals surface area contributed by atoms with Crippen molar-refractivity contribution in [3.63, 3.8) is 0 Å². The number of thiophene rings is 1. The predicted octanol–water partition coefficient (Wildman–Crippen LogP) is 4.02. The van der Waals surface area contributed by atoms with Crippen LogP contribution in [0.2, 0.25) is 0 Å². The van der Waals surface area contributed by atoms with Gasteiger partial charge >= 0.3 is 0 Å². The number of hydrogen-bond donors (Lipinski definition) is 2. The summed E-state index contributed by atoms with van der Waals surface area (Å²) in [5.41, 5.74) is 2.38. The molecule has 0 radical (unpaired) electrons. The van der Waals surface area contributed by atoms with E-state index < -0.39 is 15.9 Å². The van der Waals surface area contributed by atoms with Crippen molar-refractivity contribution >= 4 is 38.8 Å². The molecule has 0 aliphatic carbocycles. The Labute approximate surface area is 161 Å².